The number of unbranched alkanes of at least 4 members (excludes halogenated alkanes) is 1. The van der Waals surface area contributed by atoms with Crippen molar-refractivity contribution in [2.24, 2.45) is 0 Å². The Labute approximate surface area is 114 Å². The third kappa shape index (κ3) is 8.93. The monoisotopic (exact) mass is 422 g/mol. The summed E-state index contributed by atoms with van der Waals surface area (Å²) in [6.07, 6.45) is 2.72. The molecule has 0 saturated heterocycles. The summed E-state index contributed by atoms with van der Waals surface area (Å²) in [7, 11) is 1.41. The molecule has 0 aliphatic rings. The average molecular weight is 424 g/mol. The van der Waals surface area contributed by atoms with Crippen LogP contribution in [-0.2, 0) is 9.48 Å². The van der Waals surface area contributed by atoms with Crippen LogP contribution in [0.15, 0.2) is 0 Å². The topological polar surface area (TPSA) is 0 Å². The van der Waals surface area contributed by atoms with E-state index in [1.807, 2.05) is 0 Å². The number of halogens is 2. The van der Waals surface area contributed by atoms with Crippen molar-refractivity contribution in [1.29, 1.82) is 0 Å². The molecule has 0 aromatic heterocycles. The Morgan fingerprint density at radius 3 is 1.64 bits per heavy atom. The molecule has 0 radical (unpaired) electrons. The van der Waals surface area contributed by atoms with Gasteiger partial charge in [-0.3, -0.25) is 0 Å². The molecule has 0 aromatic rings. The first-order valence-corrected chi connectivity index (χ1v) is 11.0. The van der Waals surface area contributed by atoms with E-state index in [-0.39, 0.29) is 0 Å². The summed E-state index contributed by atoms with van der Waals surface area (Å²) in [5.41, 5.74) is 0. The van der Waals surface area contributed by atoms with Gasteiger partial charge in [0.05, 0.1) is 26.2 Å². The molecule has 0 amide bonds. The Morgan fingerprint density at radius 2 is 1.43 bits per heavy atom. The third-order valence-electron chi connectivity index (χ3n) is 3.00. The second-order valence-electron chi connectivity index (χ2n) is 3.41. The molecule has 0 spiro atoms. The molecule has 92 valence electrons. The molecule has 4 heteroatoms. The van der Waals surface area contributed by atoms with E-state index in [0.29, 0.717) is 0 Å². The van der Waals surface area contributed by atoms with Crippen LogP contribution in [0.5, 0.6) is 0 Å². The Morgan fingerprint density at radius 1 is 1.07 bits per heavy atom. The fraction of sp³-hybridized carbons (Fsp3) is 1.00. The Kier molecular flexibility index (Phi) is 16.4. The molecule has 0 atom stereocenters. The Hall–Kier alpha value is 1.66. The molecular formula is C10H24BrINNi+. The summed E-state index contributed by atoms with van der Waals surface area (Å²) >= 11 is 5.21. The van der Waals surface area contributed by atoms with Crippen molar-refractivity contribution in [3.8, 4) is 0 Å². The summed E-state index contributed by atoms with van der Waals surface area (Å²) in [6.45, 7) is 14.5. The zero-order chi connectivity index (χ0) is 11.4. The summed E-state index contributed by atoms with van der Waals surface area (Å²) < 4.78 is 1.31. The summed E-state index contributed by atoms with van der Waals surface area (Å²) in [5.74, 6) is 0. The van der Waals surface area contributed by atoms with Gasteiger partial charge in [-0.05, 0) is 27.2 Å². The van der Waals surface area contributed by atoms with Crippen LogP contribution in [0.4, 0.5) is 0 Å². The molecule has 0 fully saturated rings. The number of nitrogens with zero attached hydrogens (tertiary/aromatic N) is 1. The van der Waals surface area contributed by atoms with E-state index < -0.39 is 0 Å². The molecule has 1 nitrogen and oxygen atoms in total. The van der Waals surface area contributed by atoms with E-state index in [1.54, 1.807) is 0 Å². The van der Waals surface area contributed by atoms with Gasteiger partial charge in [-0.15, -0.1) is 0 Å². The van der Waals surface area contributed by atoms with E-state index >= 15 is 0 Å². The molecule has 0 saturated carbocycles. The van der Waals surface area contributed by atoms with Crippen LogP contribution in [-0.4, -0.2) is 30.7 Å². The van der Waals surface area contributed by atoms with E-state index in [0.717, 1.165) is 0 Å². The van der Waals surface area contributed by atoms with Gasteiger partial charge in [0.25, 0.3) is 0 Å². The average Bonchev–Trinajstić information content (AvgIpc) is 2.22. The van der Waals surface area contributed by atoms with Gasteiger partial charge in [0, 0.05) is 0 Å². The van der Waals surface area contributed by atoms with E-state index in [4.69, 9.17) is 0 Å². The number of quaternary nitrogens is 1. The molecule has 0 aromatic carbocycles. The Bertz CT molecular complexity index is 102. The van der Waals surface area contributed by atoms with Crippen LogP contribution in [0, 0.1) is 0 Å². The first kappa shape index (κ1) is 18.0. The van der Waals surface area contributed by atoms with Gasteiger partial charge < -0.3 is 4.48 Å². The summed E-state index contributed by atoms with van der Waals surface area (Å²) in [5, 5.41) is 0. The van der Waals surface area contributed by atoms with Gasteiger partial charge in [-0.2, -0.15) is 0 Å². The van der Waals surface area contributed by atoms with Gasteiger partial charge in [-0.25, -0.2) is 0 Å². The van der Waals surface area contributed by atoms with E-state index in [2.05, 4.69) is 62.4 Å². The molecular weight excluding hydrogens is 400 g/mol. The van der Waals surface area contributed by atoms with Gasteiger partial charge >= 0.3 is 44.2 Å². The third-order valence-corrected chi connectivity index (χ3v) is 3.00. The summed E-state index contributed by atoms with van der Waals surface area (Å²) in [4.78, 5) is 0. The molecule has 0 bridgehead atoms. The number of hydrogen-bond donors (Lipinski definition) is 0. The normalized spacial score (nSPS) is 11.0. The van der Waals surface area contributed by atoms with Crippen LogP contribution < -0.4 is 0 Å². The zero-order valence-corrected chi connectivity index (χ0v) is 14.5. The van der Waals surface area contributed by atoms with Crippen molar-refractivity contribution in [3.05, 3.63) is 0 Å². The SMILES string of the molecule is CCCC[N+](CC)(CC)CC.[Br][Ni][I]. The second-order valence-corrected chi connectivity index (χ2v) is 9.86. The first-order valence-electron chi connectivity index (χ1n) is 5.33. The molecule has 0 aliphatic heterocycles. The van der Waals surface area contributed by atoms with Gasteiger partial charge in [0.2, 0.25) is 0 Å². The zero-order valence-electron chi connectivity index (χ0n) is 9.76. The molecule has 14 heavy (non-hydrogen) atoms. The second kappa shape index (κ2) is 12.7. The number of hydrogen-bond acceptors (Lipinski definition) is 0. The van der Waals surface area contributed by atoms with E-state index in [1.165, 1.54) is 53.0 Å². The minimum atomic E-state index is 1.30. The predicted octanol–water partition coefficient (Wildman–Crippen LogP) is 4.39. The van der Waals surface area contributed by atoms with Crippen molar-refractivity contribution in [3.63, 3.8) is 0 Å². The molecule has 0 unspecified atom stereocenters. The van der Waals surface area contributed by atoms with Crippen LogP contribution in [0.1, 0.15) is 40.5 Å². The van der Waals surface area contributed by atoms with Crippen molar-refractivity contribution in [2.75, 3.05) is 26.2 Å². The minimum absolute atomic E-state index is 1.30. The van der Waals surface area contributed by atoms with Gasteiger partial charge in [-0.1, -0.05) is 13.3 Å². The first-order chi connectivity index (χ1) is 6.66. The van der Waals surface area contributed by atoms with E-state index in [9.17, 15) is 0 Å². The predicted molar refractivity (Wildman–Crippen MR) is 74.6 cm³/mol. The maximum absolute atomic E-state index is 3.07. The molecule has 0 rings (SSSR count). The number of rotatable bonds is 6. The molecule has 0 heterocycles. The van der Waals surface area contributed by atoms with Crippen molar-refractivity contribution in [2.45, 2.75) is 40.5 Å². The van der Waals surface area contributed by atoms with Gasteiger partial charge in [0.15, 0.2) is 0 Å². The molecule has 0 aliphatic carbocycles. The van der Waals surface area contributed by atoms with Crippen LogP contribution >= 0.6 is 34.7 Å². The van der Waals surface area contributed by atoms with Crippen molar-refractivity contribution < 1.29 is 14.0 Å². The van der Waals surface area contributed by atoms with Gasteiger partial charge in [0.1, 0.15) is 0 Å². The van der Waals surface area contributed by atoms with Crippen LogP contribution in [0.3, 0.4) is 0 Å². The van der Waals surface area contributed by atoms with Crippen LogP contribution in [0.2, 0.25) is 0 Å². The standard InChI is InChI=1S/C10H24N.BrH.HI.Ni/c1-5-9-10-11(6-2,7-3)8-4;;;/h5-10H2,1-4H3;2*1H;/q+1;;;+2/p-2. The van der Waals surface area contributed by atoms with Crippen molar-refractivity contribution in [1.82, 2.24) is 0 Å². The maximum atomic E-state index is 3.07. The van der Waals surface area contributed by atoms with Crippen molar-refractivity contribution >= 4 is 34.7 Å². The van der Waals surface area contributed by atoms with Crippen LogP contribution in [0.25, 0.3) is 0 Å². The fourth-order valence-corrected chi connectivity index (χ4v) is 1.64. The summed E-state index contributed by atoms with van der Waals surface area (Å²) in [6, 6.07) is 0. The fourth-order valence-electron chi connectivity index (χ4n) is 1.64. The quantitative estimate of drug-likeness (QED) is 0.338. The Balaban J connectivity index is 0. The molecule has 0 N–H and O–H groups in total.